The van der Waals surface area contributed by atoms with Crippen LogP contribution in [0.25, 0.3) is 0 Å². The van der Waals surface area contributed by atoms with Crippen molar-refractivity contribution < 1.29 is 9.47 Å². The van der Waals surface area contributed by atoms with Gasteiger partial charge in [0.2, 0.25) is 5.95 Å². The maximum atomic E-state index is 5.52. The summed E-state index contributed by atoms with van der Waals surface area (Å²) in [6.07, 6.45) is 3.11. The Hall–Kier alpha value is -2.50. The SMILES string of the molecule is COc1ccc(CNc2ncc(N)cn2)c(OC)c1. The minimum Gasteiger partial charge on any atom is -0.497 e. The lowest BCUT2D eigenvalue weighted by Crippen LogP contribution is -2.05. The zero-order valence-corrected chi connectivity index (χ0v) is 10.9. The third kappa shape index (κ3) is 3.25. The van der Waals surface area contributed by atoms with E-state index in [0.717, 1.165) is 17.1 Å². The molecule has 6 heteroatoms. The van der Waals surface area contributed by atoms with Crippen molar-refractivity contribution in [3.8, 4) is 11.5 Å². The number of hydrogen-bond acceptors (Lipinski definition) is 6. The fourth-order valence-electron chi connectivity index (χ4n) is 1.60. The summed E-state index contributed by atoms with van der Waals surface area (Å²) < 4.78 is 10.5. The number of nitrogens with one attached hydrogen (secondary N) is 1. The summed E-state index contributed by atoms with van der Waals surface area (Å²) in [6, 6.07) is 5.65. The van der Waals surface area contributed by atoms with Crippen LogP contribution in [0.3, 0.4) is 0 Å². The number of methoxy groups -OCH3 is 2. The maximum absolute atomic E-state index is 5.52. The van der Waals surface area contributed by atoms with Crippen molar-refractivity contribution in [2.45, 2.75) is 6.54 Å². The van der Waals surface area contributed by atoms with Crippen molar-refractivity contribution in [1.29, 1.82) is 0 Å². The van der Waals surface area contributed by atoms with Crippen molar-refractivity contribution in [2.75, 3.05) is 25.3 Å². The van der Waals surface area contributed by atoms with Gasteiger partial charge in [-0.05, 0) is 12.1 Å². The quantitative estimate of drug-likeness (QED) is 0.851. The molecule has 0 saturated heterocycles. The Balaban J connectivity index is 2.08. The smallest absolute Gasteiger partial charge is 0.222 e. The molecular weight excluding hydrogens is 244 g/mol. The van der Waals surface area contributed by atoms with Crippen LogP contribution in [0.2, 0.25) is 0 Å². The summed E-state index contributed by atoms with van der Waals surface area (Å²) in [5.74, 6) is 2.03. The Morgan fingerprint density at radius 2 is 1.89 bits per heavy atom. The molecule has 19 heavy (non-hydrogen) atoms. The molecule has 3 N–H and O–H groups in total. The van der Waals surface area contributed by atoms with E-state index in [1.165, 1.54) is 0 Å². The Kier molecular flexibility index (Phi) is 4.02. The molecular formula is C13H16N4O2. The molecule has 1 aromatic heterocycles. The first kappa shape index (κ1) is 12.9. The van der Waals surface area contributed by atoms with Gasteiger partial charge in [-0.25, -0.2) is 9.97 Å². The minimum absolute atomic E-state index is 0.520. The fraction of sp³-hybridized carbons (Fsp3) is 0.231. The third-order valence-corrected chi connectivity index (χ3v) is 2.60. The number of nitrogens with zero attached hydrogens (tertiary/aromatic N) is 2. The Labute approximate surface area is 111 Å². The second kappa shape index (κ2) is 5.90. The molecule has 0 spiro atoms. The maximum Gasteiger partial charge on any atom is 0.222 e. The molecule has 100 valence electrons. The van der Waals surface area contributed by atoms with E-state index >= 15 is 0 Å². The van der Waals surface area contributed by atoms with Crippen LogP contribution in [0.1, 0.15) is 5.56 Å². The number of nitrogen functional groups attached to an aromatic ring is 1. The molecule has 0 unspecified atom stereocenters. The number of hydrogen-bond donors (Lipinski definition) is 2. The molecule has 1 heterocycles. The lowest BCUT2D eigenvalue weighted by molar-refractivity contribution is 0.391. The molecule has 0 aliphatic carbocycles. The first-order valence-electron chi connectivity index (χ1n) is 5.75. The summed E-state index contributed by atoms with van der Waals surface area (Å²) in [5, 5.41) is 3.10. The molecule has 0 bridgehead atoms. The summed E-state index contributed by atoms with van der Waals surface area (Å²) in [4.78, 5) is 8.14. The van der Waals surface area contributed by atoms with Crippen LogP contribution in [-0.2, 0) is 6.54 Å². The van der Waals surface area contributed by atoms with Crippen LogP contribution in [0.4, 0.5) is 11.6 Å². The molecule has 1 aromatic carbocycles. The van der Waals surface area contributed by atoms with Gasteiger partial charge in [-0.1, -0.05) is 0 Å². The first-order valence-corrected chi connectivity index (χ1v) is 5.75. The molecule has 0 saturated carbocycles. The highest BCUT2D eigenvalue weighted by atomic mass is 16.5. The Morgan fingerprint density at radius 3 is 2.53 bits per heavy atom. The molecule has 0 aliphatic rings. The highest BCUT2D eigenvalue weighted by Gasteiger charge is 2.05. The zero-order valence-electron chi connectivity index (χ0n) is 10.9. The zero-order chi connectivity index (χ0) is 13.7. The van der Waals surface area contributed by atoms with Crippen LogP contribution >= 0.6 is 0 Å². The van der Waals surface area contributed by atoms with E-state index in [2.05, 4.69) is 15.3 Å². The lowest BCUT2D eigenvalue weighted by Gasteiger charge is -2.11. The van der Waals surface area contributed by atoms with E-state index in [1.807, 2.05) is 18.2 Å². The topological polar surface area (TPSA) is 82.3 Å². The van der Waals surface area contributed by atoms with Gasteiger partial charge in [0.25, 0.3) is 0 Å². The highest BCUT2D eigenvalue weighted by molar-refractivity contribution is 5.43. The standard InChI is InChI=1S/C13H16N4O2/c1-18-11-4-3-9(12(5-11)19-2)6-15-13-16-7-10(14)8-17-13/h3-5,7-8H,6,14H2,1-2H3,(H,15,16,17). The van der Waals surface area contributed by atoms with Crippen LogP contribution in [0, 0.1) is 0 Å². The summed E-state index contributed by atoms with van der Waals surface area (Å²) in [5.41, 5.74) is 7.05. The van der Waals surface area contributed by atoms with Crippen LogP contribution in [0.15, 0.2) is 30.6 Å². The van der Waals surface area contributed by atoms with Gasteiger partial charge in [-0.3, -0.25) is 0 Å². The van der Waals surface area contributed by atoms with Crippen LogP contribution < -0.4 is 20.5 Å². The molecule has 2 aromatic rings. The van der Waals surface area contributed by atoms with Gasteiger partial charge in [0.15, 0.2) is 0 Å². The van der Waals surface area contributed by atoms with E-state index in [4.69, 9.17) is 15.2 Å². The van der Waals surface area contributed by atoms with Gasteiger partial charge in [0.1, 0.15) is 11.5 Å². The number of anilines is 2. The number of aromatic nitrogens is 2. The lowest BCUT2D eigenvalue weighted by atomic mass is 10.2. The van der Waals surface area contributed by atoms with Crippen molar-refractivity contribution in [3.05, 3.63) is 36.2 Å². The number of benzene rings is 1. The van der Waals surface area contributed by atoms with Crippen LogP contribution in [0.5, 0.6) is 11.5 Å². The third-order valence-electron chi connectivity index (χ3n) is 2.60. The van der Waals surface area contributed by atoms with Gasteiger partial charge in [0.05, 0.1) is 32.3 Å². The molecule has 6 nitrogen and oxygen atoms in total. The second-order valence-electron chi connectivity index (χ2n) is 3.87. The van der Waals surface area contributed by atoms with Gasteiger partial charge in [-0.15, -0.1) is 0 Å². The van der Waals surface area contributed by atoms with Crippen molar-refractivity contribution in [1.82, 2.24) is 9.97 Å². The van der Waals surface area contributed by atoms with E-state index in [9.17, 15) is 0 Å². The van der Waals surface area contributed by atoms with Gasteiger partial charge < -0.3 is 20.5 Å². The average molecular weight is 260 g/mol. The summed E-state index contributed by atoms with van der Waals surface area (Å²) >= 11 is 0. The fourth-order valence-corrected chi connectivity index (χ4v) is 1.60. The Bertz CT molecular complexity index is 543. The largest absolute Gasteiger partial charge is 0.497 e. The molecule has 0 atom stereocenters. The average Bonchev–Trinajstić information content (AvgIpc) is 2.46. The Morgan fingerprint density at radius 1 is 1.16 bits per heavy atom. The molecule has 0 radical (unpaired) electrons. The molecule has 2 rings (SSSR count). The van der Waals surface area contributed by atoms with E-state index in [1.54, 1.807) is 26.6 Å². The van der Waals surface area contributed by atoms with Crippen molar-refractivity contribution >= 4 is 11.6 Å². The highest BCUT2D eigenvalue weighted by Crippen LogP contribution is 2.24. The summed E-state index contributed by atoms with van der Waals surface area (Å²) in [6.45, 7) is 0.553. The van der Waals surface area contributed by atoms with Crippen LogP contribution in [-0.4, -0.2) is 24.2 Å². The minimum atomic E-state index is 0.520. The second-order valence-corrected chi connectivity index (χ2v) is 3.87. The monoisotopic (exact) mass is 260 g/mol. The van der Waals surface area contributed by atoms with E-state index in [0.29, 0.717) is 18.2 Å². The number of rotatable bonds is 5. The molecule has 0 aliphatic heterocycles. The predicted molar refractivity (Wildman–Crippen MR) is 73.3 cm³/mol. The molecule has 0 fully saturated rings. The van der Waals surface area contributed by atoms with E-state index < -0.39 is 0 Å². The molecule has 0 amide bonds. The summed E-state index contributed by atoms with van der Waals surface area (Å²) in [7, 11) is 3.24. The number of ether oxygens (including phenoxy) is 2. The van der Waals surface area contributed by atoms with Crippen molar-refractivity contribution in [3.63, 3.8) is 0 Å². The van der Waals surface area contributed by atoms with Crippen molar-refractivity contribution in [2.24, 2.45) is 0 Å². The predicted octanol–water partition coefficient (Wildman–Crippen LogP) is 1.69. The normalized spacial score (nSPS) is 10.0. The van der Waals surface area contributed by atoms with Gasteiger partial charge in [0, 0.05) is 18.2 Å². The van der Waals surface area contributed by atoms with Gasteiger partial charge in [-0.2, -0.15) is 0 Å². The van der Waals surface area contributed by atoms with Gasteiger partial charge >= 0.3 is 0 Å². The number of nitrogens with two attached hydrogens (primary N) is 1. The first-order chi connectivity index (χ1) is 9.22. The van der Waals surface area contributed by atoms with E-state index in [-0.39, 0.29) is 0 Å².